The van der Waals surface area contributed by atoms with Crippen molar-refractivity contribution in [2.75, 3.05) is 5.32 Å². The second-order valence-corrected chi connectivity index (χ2v) is 6.72. The van der Waals surface area contributed by atoms with Crippen molar-refractivity contribution in [3.8, 4) is 0 Å². The van der Waals surface area contributed by atoms with Crippen LogP contribution in [0.1, 0.15) is 30.2 Å². The molecule has 5 nitrogen and oxygen atoms in total. The summed E-state index contributed by atoms with van der Waals surface area (Å²) in [4.78, 5) is 16.8. The quantitative estimate of drug-likeness (QED) is 0.703. The number of carbonyl (C=O) groups is 1. The van der Waals surface area contributed by atoms with Gasteiger partial charge in [0.2, 0.25) is 0 Å². The summed E-state index contributed by atoms with van der Waals surface area (Å²) < 4.78 is 2.63. The van der Waals surface area contributed by atoms with E-state index < -0.39 is 0 Å². The Hall–Kier alpha value is -1.92. The highest BCUT2D eigenvalue weighted by Gasteiger charge is 2.13. The number of nitrogens with one attached hydrogen (secondary N) is 1. The first kappa shape index (κ1) is 16.0. The van der Waals surface area contributed by atoms with Crippen molar-refractivity contribution in [1.29, 1.82) is 0 Å². The third-order valence-corrected chi connectivity index (χ3v) is 4.18. The maximum absolute atomic E-state index is 12.4. The normalized spacial score (nSPS) is 11.2. The standard InChI is InChI=1S/C16H14BrClN4O/c1-9(2)22-15-10(7-20-22)5-12(8-19-15)21-16(23)13-6-11(17)3-4-14(13)18/h3-9H,1-2H3,(H,21,23). The van der Waals surface area contributed by atoms with Gasteiger partial charge in [-0.1, -0.05) is 27.5 Å². The maximum Gasteiger partial charge on any atom is 0.257 e. The van der Waals surface area contributed by atoms with E-state index in [4.69, 9.17) is 11.6 Å². The van der Waals surface area contributed by atoms with E-state index in [0.29, 0.717) is 16.3 Å². The summed E-state index contributed by atoms with van der Waals surface area (Å²) >= 11 is 9.42. The van der Waals surface area contributed by atoms with E-state index in [1.807, 2.05) is 24.6 Å². The lowest BCUT2D eigenvalue weighted by molar-refractivity contribution is 0.102. The van der Waals surface area contributed by atoms with Crippen molar-refractivity contribution < 1.29 is 4.79 Å². The minimum absolute atomic E-state index is 0.223. The van der Waals surface area contributed by atoms with Gasteiger partial charge in [0, 0.05) is 15.9 Å². The molecule has 0 unspecified atom stereocenters. The molecule has 23 heavy (non-hydrogen) atoms. The summed E-state index contributed by atoms with van der Waals surface area (Å²) in [6.45, 7) is 4.08. The van der Waals surface area contributed by atoms with Crippen LogP contribution in [0.15, 0.2) is 41.1 Å². The third-order valence-electron chi connectivity index (χ3n) is 3.35. The number of aromatic nitrogens is 3. The van der Waals surface area contributed by atoms with E-state index in [1.54, 1.807) is 30.6 Å². The predicted octanol–water partition coefficient (Wildman–Crippen LogP) is 4.68. The Morgan fingerprint density at radius 1 is 1.30 bits per heavy atom. The van der Waals surface area contributed by atoms with Gasteiger partial charge in [0.1, 0.15) is 0 Å². The Balaban J connectivity index is 1.89. The molecule has 0 bridgehead atoms. The van der Waals surface area contributed by atoms with Gasteiger partial charge in [-0.15, -0.1) is 0 Å². The minimum Gasteiger partial charge on any atom is -0.321 e. The average molecular weight is 394 g/mol. The molecule has 2 heterocycles. The van der Waals surface area contributed by atoms with Gasteiger partial charge in [0.15, 0.2) is 5.65 Å². The van der Waals surface area contributed by atoms with E-state index >= 15 is 0 Å². The molecular formula is C16H14BrClN4O. The summed E-state index contributed by atoms with van der Waals surface area (Å²) in [5.41, 5.74) is 1.79. The van der Waals surface area contributed by atoms with E-state index in [2.05, 4.69) is 31.3 Å². The summed E-state index contributed by atoms with van der Waals surface area (Å²) in [5, 5.41) is 8.39. The second-order valence-electron chi connectivity index (χ2n) is 5.40. The number of hydrogen-bond donors (Lipinski definition) is 1. The molecule has 1 amide bonds. The van der Waals surface area contributed by atoms with Gasteiger partial charge in [0.25, 0.3) is 5.91 Å². The zero-order valence-electron chi connectivity index (χ0n) is 12.5. The van der Waals surface area contributed by atoms with Crippen LogP contribution in [0.3, 0.4) is 0 Å². The third kappa shape index (κ3) is 3.23. The average Bonchev–Trinajstić information content (AvgIpc) is 2.93. The van der Waals surface area contributed by atoms with Crippen LogP contribution in [0, 0.1) is 0 Å². The fraction of sp³-hybridized carbons (Fsp3) is 0.188. The largest absolute Gasteiger partial charge is 0.321 e. The summed E-state index contributed by atoms with van der Waals surface area (Å²) in [7, 11) is 0. The van der Waals surface area contributed by atoms with Gasteiger partial charge in [-0.05, 0) is 38.1 Å². The Kier molecular flexibility index (Phi) is 4.37. The number of hydrogen-bond acceptors (Lipinski definition) is 3. The highest BCUT2D eigenvalue weighted by atomic mass is 79.9. The molecule has 0 spiro atoms. The predicted molar refractivity (Wildman–Crippen MR) is 95.0 cm³/mol. The van der Waals surface area contributed by atoms with Crippen molar-refractivity contribution in [3.63, 3.8) is 0 Å². The number of pyridine rings is 1. The van der Waals surface area contributed by atoms with E-state index in [0.717, 1.165) is 15.5 Å². The Labute approximate surface area is 146 Å². The van der Waals surface area contributed by atoms with E-state index in [-0.39, 0.29) is 11.9 Å². The van der Waals surface area contributed by atoms with Crippen LogP contribution in [0.25, 0.3) is 11.0 Å². The Bertz CT molecular complexity index is 891. The molecule has 0 aliphatic rings. The van der Waals surface area contributed by atoms with Gasteiger partial charge >= 0.3 is 0 Å². The zero-order valence-corrected chi connectivity index (χ0v) is 14.9. The Morgan fingerprint density at radius 3 is 2.83 bits per heavy atom. The first-order valence-corrected chi connectivity index (χ1v) is 8.22. The molecule has 0 saturated carbocycles. The van der Waals surface area contributed by atoms with E-state index in [1.165, 1.54) is 0 Å². The number of halogens is 2. The molecule has 0 atom stereocenters. The van der Waals surface area contributed by atoms with Crippen LogP contribution in [-0.2, 0) is 0 Å². The summed E-state index contributed by atoms with van der Waals surface area (Å²) in [6.07, 6.45) is 3.36. The maximum atomic E-state index is 12.4. The van der Waals surface area contributed by atoms with Gasteiger partial charge in [-0.2, -0.15) is 5.10 Å². The van der Waals surface area contributed by atoms with Crippen molar-refractivity contribution in [3.05, 3.63) is 51.7 Å². The van der Waals surface area contributed by atoms with Crippen molar-refractivity contribution in [2.24, 2.45) is 0 Å². The number of fused-ring (bicyclic) bond motifs is 1. The number of nitrogens with zero attached hydrogens (tertiary/aromatic N) is 3. The monoisotopic (exact) mass is 392 g/mol. The molecule has 0 saturated heterocycles. The highest BCUT2D eigenvalue weighted by molar-refractivity contribution is 9.10. The first-order valence-electron chi connectivity index (χ1n) is 7.05. The smallest absolute Gasteiger partial charge is 0.257 e. The SMILES string of the molecule is CC(C)n1ncc2cc(NC(=O)c3cc(Br)ccc3Cl)cnc21. The molecule has 1 aromatic carbocycles. The first-order chi connectivity index (χ1) is 11.0. The molecule has 3 rings (SSSR count). The Morgan fingerprint density at radius 2 is 2.09 bits per heavy atom. The highest BCUT2D eigenvalue weighted by Crippen LogP contribution is 2.23. The van der Waals surface area contributed by atoms with Crippen LogP contribution in [-0.4, -0.2) is 20.7 Å². The molecule has 3 aromatic rings. The number of amides is 1. The number of anilines is 1. The fourth-order valence-electron chi connectivity index (χ4n) is 2.26. The molecule has 7 heteroatoms. The lowest BCUT2D eigenvalue weighted by atomic mass is 10.2. The minimum atomic E-state index is -0.284. The van der Waals surface area contributed by atoms with Crippen LogP contribution in [0.4, 0.5) is 5.69 Å². The molecule has 118 valence electrons. The second kappa shape index (κ2) is 6.29. The summed E-state index contributed by atoms with van der Waals surface area (Å²) in [5.74, 6) is -0.284. The number of carbonyl (C=O) groups excluding carboxylic acids is 1. The summed E-state index contributed by atoms with van der Waals surface area (Å²) in [6, 6.07) is 7.21. The number of rotatable bonds is 3. The fourth-order valence-corrected chi connectivity index (χ4v) is 2.82. The van der Waals surface area contributed by atoms with Gasteiger partial charge in [-0.3, -0.25) is 4.79 Å². The van der Waals surface area contributed by atoms with Crippen molar-refractivity contribution >= 4 is 50.2 Å². The van der Waals surface area contributed by atoms with Crippen LogP contribution < -0.4 is 5.32 Å². The topological polar surface area (TPSA) is 59.8 Å². The van der Waals surface area contributed by atoms with E-state index in [9.17, 15) is 4.79 Å². The molecule has 0 radical (unpaired) electrons. The van der Waals surface area contributed by atoms with Gasteiger partial charge < -0.3 is 5.32 Å². The molecule has 2 aromatic heterocycles. The van der Waals surface area contributed by atoms with Gasteiger partial charge in [-0.25, -0.2) is 9.67 Å². The van der Waals surface area contributed by atoms with Gasteiger partial charge in [0.05, 0.1) is 28.7 Å². The lowest BCUT2D eigenvalue weighted by Gasteiger charge is -2.08. The van der Waals surface area contributed by atoms with Crippen LogP contribution in [0.5, 0.6) is 0 Å². The molecular weight excluding hydrogens is 380 g/mol. The van der Waals surface area contributed by atoms with Crippen molar-refractivity contribution in [2.45, 2.75) is 19.9 Å². The molecule has 0 aliphatic heterocycles. The number of benzene rings is 1. The lowest BCUT2D eigenvalue weighted by Crippen LogP contribution is -2.12. The molecule has 0 aliphatic carbocycles. The van der Waals surface area contributed by atoms with Crippen LogP contribution in [0.2, 0.25) is 5.02 Å². The van der Waals surface area contributed by atoms with Crippen molar-refractivity contribution in [1.82, 2.24) is 14.8 Å². The molecule has 1 N–H and O–H groups in total. The molecule has 0 fully saturated rings. The zero-order chi connectivity index (χ0) is 16.6. The van der Waals surface area contributed by atoms with Crippen LogP contribution >= 0.6 is 27.5 Å².